The van der Waals surface area contributed by atoms with Crippen LogP contribution in [-0.4, -0.2) is 30.2 Å². The number of hydrogen-bond donors (Lipinski definition) is 1. The predicted octanol–water partition coefficient (Wildman–Crippen LogP) is 1.53. The van der Waals surface area contributed by atoms with Crippen molar-refractivity contribution in [3.63, 3.8) is 0 Å². The van der Waals surface area contributed by atoms with Gasteiger partial charge in [0.05, 0.1) is 6.61 Å². The molecular weight excluding hydrogens is 178 g/mol. The van der Waals surface area contributed by atoms with Crippen LogP contribution in [0.15, 0.2) is 24.3 Å². The molecule has 0 saturated carbocycles. The minimum absolute atomic E-state index is 0.295. The second-order valence-electron chi connectivity index (χ2n) is 3.77. The molecule has 1 atom stereocenters. The van der Waals surface area contributed by atoms with Crippen LogP contribution in [-0.2, 0) is 10.5 Å². The molecule has 0 radical (unpaired) electrons. The highest BCUT2D eigenvalue weighted by Gasteiger charge is 2.38. The first-order valence-electron chi connectivity index (χ1n) is 4.78. The smallest absolute Gasteiger partial charge is 0.148 e. The van der Waals surface area contributed by atoms with E-state index in [1.54, 1.807) is 6.07 Å². The fraction of sp³-hybridized carbons (Fsp3) is 0.455. The Labute approximate surface area is 83.9 Å². The van der Waals surface area contributed by atoms with Gasteiger partial charge < -0.3 is 9.84 Å². The fourth-order valence-corrected chi connectivity index (χ4v) is 1.85. The lowest BCUT2D eigenvalue weighted by molar-refractivity contribution is -0.0631. The van der Waals surface area contributed by atoms with Crippen LogP contribution < -0.4 is 0 Å². The molecule has 1 heterocycles. The highest BCUT2D eigenvalue weighted by molar-refractivity contribution is 5.36. The molecule has 1 unspecified atom stereocenters. The topological polar surface area (TPSA) is 32.7 Å². The van der Waals surface area contributed by atoms with E-state index in [9.17, 15) is 5.11 Å². The number of hydrogen-bond acceptors (Lipinski definition) is 3. The van der Waals surface area contributed by atoms with E-state index in [-0.39, 0.29) is 0 Å². The van der Waals surface area contributed by atoms with Gasteiger partial charge in [0.1, 0.15) is 11.5 Å². The summed E-state index contributed by atoms with van der Waals surface area (Å²) in [7, 11) is 2.00. The Morgan fingerprint density at radius 1 is 1.43 bits per heavy atom. The van der Waals surface area contributed by atoms with Gasteiger partial charge in [-0.2, -0.15) is 0 Å². The Bertz CT molecular complexity index is 340. The molecule has 0 aliphatic carbocycles. The van der Waals surface area contributed by atoms with Crippen molar-refractivity contribution >= 4 is 0 Å². The molecule has 14 heavy (non-hydrogen) atoms. The second kappa shape index (κ2) is 3.26. The first-order chi connectivity index (χ1) is 6.64. The third-order valence-corrected chi connectivity index (χ3v) is 2.94. The zero-order valence-corrected chi connectivity index (χ0v) is 8.53. The molecular formula is C11H15NO2. The molecule has 1 N–H and O–H groups in total. The molecule has 0 bridgehead atoms. The van der Waals surface area contributed by atoms with Crippen molar-refractivity contribution < 1.29 is 9.84 Å². The van der Waals surface area contributed by atoms with Crippen molar-refractivity contribution in [2.75, 3.05) is 20.2 Å². The molecule has 0 spiro atoms. The molecule has 1 saturated heterocycles. The zero-order chi connectivity index (χ0) is 10.2. The Kier molecular flexibility index (Phi) is 2.21. The van der Waals surface area contributed by atoms with Crippen LogP contribution in [0.5, 0.6) is 5.75 Å². The number of ether oxygens (including phenoxy) is 1. The maximum absolute atomic E-state index is 9.75. The van der Waals surface area contributed by atoms with Gasteiger partial charge in [0.15, 0.2) is 0 Å². The quantitative estimate of drug-likeness (QED) is 0.734. The normalized spacial score (nSPS) is 28.1. The van der Waals surface area contributed by atoms with Crippen LogP contribution in [0.2, 0.25) is 0 Å². The Balaban J connectivity index is 2.43. The second-order valence-corrected chi connectivity index (χ2v) is 3.77. The van der Waals surface area contributed by atoms with Crippen LogP contribution in [0.3, 0.4) is 0 Å². The Morgan fingerprint density at radius 2 is 2.14 bits per heavy atom. The van der Waals surface area contributed by atoms with Crippen molar-refractivity contribution in [1.82, 2.24) is 4.90 Å². The number of phenols is 1. The molecule has 3 nitrogen and oxygen atoms in total. The SMILES string of the molecule is CN1CCOC1(C)c1ccccc1O. The summed E-state index contributed by atoms with van der Waals surface area (Å²) < 4.78 is 5.69. The number of rotatable bonds is 1. The average Bonchev–Trinajstić information content (AvgIpc) is 2.49. The van der Waals surface area contributed by atoms with Crippen molar-refractivity contribution in [2.24, 2.45) is 0 Å². The number of likely N-dealkylation sites (N-methyl/N-ethyl adjacent to an activating group) is 1. The van der Waals surface area contributed by atoms with Gasteiger partial charge in [-0.25, -0.2) is 0 Å². The summed E-state index contributed by atoms with van der Waals surface area (Å²) in [4.78, 5) is 2.10. The van der Waals surface area contributed by atoms with Gasteiger partial charge in [0, 0.05) is 12.1 Å². The van der Waals surface area contributed by atoms with Gasteiger partial charge in [-0.3, -0.25) is 4.90 Å². The summed E-state index contributed by atoms with van der Waals surface area (Å²) in [5, 5.41) is 9.75. The monoisotopic (exact) mass is 193 g/mol. The van der Waals surface area contributed by atoms with Gasteiger partial charge in [-0.1, -0.05) is 18.2 Å². The molecule has 1 aliphatic heterocycles. The number of phenolic OH excluding ortho intramolecular Hbond substituents is 1. The fourth-order valence-electron chi connectivity index (χ4n) is 1.85. The van der Waals surface area contributed by atoms with Gasteiger partial charge >= 0.3 is 0 Å². The molecule has 1 aliphatic rings. The number of nitrogens with zero attached hydrogens (tertiary/aromatic N) is 1. The molecule has 1 fully saturated rings. The number of benzene rings is 1. The van der Waals surface area contributed by atoms with E-state index in [0.29, 0.717) is 12.4 Å². The van der Waals surface area contributed by atoms with E-state index in [1.165, 1.54) is 0 Å². The third kappa shape index (κ3) is 1.29. The maximum Gasteiger partial charge on any atom is 0.148 e. The van der Waals surface area contributed by atoms with E-state index in [1.807, 2.05) is 32.2 Å². The summed E-state index contributed by atoms with van der Waals surface area (Å²) >= 11 is 0. The van der Waals surface area contributed by atoms with Crippen LogP contribution in [0.1, 0.15) is 12.5 Å². The molecule has 3 heteroatoms. The molecule has 76 valence electrons. The van der Waals surface area contributed by atoms with Crippen LogP contribution in [0.25, 0.3) is 0 Å². The largest absolute Gasteiger partial charge is 0.508 e. The van der Waals surface area contributed by atoms with Crippen LogP contribution >= 0.6 is 0 Å². The van der Waals surface area contributed by atoms with Gasteiger partial charge in [0.2, 0.25) is 0 Å². The predicted molar refractivity (Wildman–Crippen MR) is 54.0 cm³/mol. The molecule has 0 aromatic heterocycles. The lowest BCUT2D eigenvalue weighted by atomic mass is 10.0. The van der Waals surface area contributed by atoms with E-state index in [4.69, 9.17) is 4.74 Å². The summed E-state index contributed by atoms with van der Waals surface area (Å²) in [5.41, 5.74) is 0.353. The first-order valence-corrected chi connectivity index (χ1v) is 4.78. The van der Waals surface area contributed by atoms with E-state index in [0.717, 1.165) is 12.1 Å². The Hall–Kier alpha value is -1.06. The van der Waals surface area contributed by atoms with Crippen molar-refractivity contribution in [3.8, 4) is 5.75 Å². The summed E-state index contributed by atoms with van der Waals surface area (Å²) in [6, 6.07) is 7.32. The van der Waals surface area contributed by atoms with Crippen molar-refractivity contribution in [2.45, 2.75) is 12.6 Å². The van der Waals surface area contributed by atoms with E-state index < -0.39 is 5.72 Å². The summed E-state index contributed by atoms with van der Waals surface area (Å²) in [6.07, 6.45) is 0. The highest BCUT2D eigenvalue weighted by atomic mass is 16.5. The molecule has 0 amide bonds. The molecule has 1 aromatic carbocycles. The van der Waals surface area contributed by atoms with E-state index in [2.05, 4.69) is 4.90 Å². The minimum atomic E-state index is -0.481. The highest BCUT2D eigenvalue weighted by Crippen LogP contribution is 2.37. The van der Waals surface area contributed by atoms with Gasteiger partial charge in [-0.05, 0) is 20.0 Å². The van der Waals surface area contributed by atoms with E-state index >= 15 is 0 Å². The van der Waals surface area contributed by atoms with Crippen molar-refractivity contribution in [1.29, 1.82) is 0 Å². The summed E-state index contributed by atoms with van der Waals surface area (Å²) in [5.74, 6) is 0.295. The molecule has 1 aromatic rings. The lowest BCUT2D eigenvalue weighted by Crippen LogP contribution is -2.36. The average molecular weight is 193 g/mol. The van der Waals surface area contributed by atoms with Gasteiger partial charge in [0.25, 0.3) is 0 Å². The Morgan fingerprint density at radius 3 is 2.71 bits per heavy atom. The molecule has 2 rings (SSSR count). The standard InChI is InChI=1S/C11H15NO2/c1-11(12(2)7-8-14-11)9-5-3-4-6-10(9)13/h3-6,13H,7-8H2,1-2H3. The van der Waals surface area contributed by atoms with Crippen molar-refractivity contribution in [3.05, 3.63) is 29.8 Å². The number of para-hydroxylation sites is 1. The zero-order valence-electron chi connectivity index (χ0n) is 8.53. The first kappa shape index (κ1) is 9.49. The summed E-state index contributed by atoms with van der Waals surface area (Å²) in [6.45, 7) is 3.58. The maximum atomic E-state index is 9.75. The lowest BCUT2D eigenvalue weighted by Gasteiger charge is -2.31. The van der Waals surface area contributed by atoms with Crippen LogP contribution in [0.4, 0.5) is 0 Å². The number of aromatic hydroxyl groups is 1. The van der Waals surface area contributed by atoms with Crippen LogP contribution in [0, 0.1) is 0 Å². The van der Waals surface area contributed by atoms with Gasteiger partial charge in [-0.15, -0.1) is 0 Å². The third-order valence-electron chi connectivity index (χ3n) is 2.94. The minimum Gasteiger partial charge on any atom is -0.508 e.